The van der Waals surface area contributed by atoms with E-state index in [1.807, 2.05) is 20.8 Å². The Morgan fingerprint density at radius 2 is 2.00 bits per heavy atom. The van der Waals surface area contributed by atoms with E-state index in [9.17, 15) is 0 Å². The van der Waals surface area contributed by atoms with Crippen LogP contribution < -0.4 is 0 Å². The number of hydrogen-bond acceptors (Lipinski definition) is 2. The molecule has 0 amide bonds. The number of nitrogens with zero attached hydrogens (tertiary/aromatic N) is 3. The first-order valence-electron chi connectivity index (χ1n) is 4.26. The first-order chi connectivity index (χ1) is 5.38. The summed E-state index contributed by atoms with van der Waals surface area (Å²) in [5.41, 5.74) is 0. The molecule has 1 aliphatic rings. The molecule has 0 radical (unpaired) electrons. The van der Waals surface area contributed by atoms with Crippen molar-refractivity contribution in [1.82, 2.24) is 14.8 Å². The normalized spacial score (nSPS) is 13.7. The first kappa shape index (κ1) is 8.24. The summed E-state index contributed by atoms with van der Waals surface area (Å²) in [5.74, 6) is 2.22. The fourth-order valence-corrected chi connectivity index (χ4v) is 1.30. The van der Waals surface area contributed by atoms with Crippen LogP contribution in [-0.4, -0.2) is 14.8 Å². The van der Waals surface area contributed by atoms with Crippen LogP contribution in [0.25, 0.3) is 0 Å². The molecule has 11 heavy (non-hydrogen) atoms. The van der Waals surface area contributed by atoms with Gasteiger partial charge < -0.3 is 4.57 Å². The van der Waals surface area contributed by atoms with Crippen LogP contribution in [0.5, 0.6) is 0 Å². The van der Waals surface area contributed by atoms with Crippen LogP contribution in [0.2, 0.25) is 0 Å². The smallest absolute Gasteiger partial charge is 0.133 e. The number of rotatable bonds is 0. The van der Waals surface area contributed by atoms with E-state index < -0.39 is 0 Å². The lowest BCUT2D eigenvalue weighted by Crippen LogP contribution is -1.94. The predicted molar refractivity (Wildman–Crippen MR) is 44.4 cm³/mol. The summed E-state index contributed by atoms with van der Waals surface area (Å²) in [7, 11) is 0. The van der Waals surface area contributed by atoms with E-state index >= 15 is 0 Å². The van der Waals surface area contributed by atoms with Gasteiger partial charge in [-0.15, -0.1) is 10.2 Å². The summed E-state index contributed by atoms with van der Waals surface area (Å²) in [5, 5.41) is 7.96. The summed E-state index contributed by atoms with van der Waals surface area (Å²) in [6.45, 7) is 7.12. The largest absolute Gasteiger partial charge is 0.315 e. The quantitative estimate of drug-likeness (QED) is 0.566. The van der Waals surface area contributed by atoms with Gasteiger partial charge in [-0.1, -0.05) is 13.8 Å². The molecule has 0 saturated heterocycles. The molecule has 0 spiro atoms. The molecule has 0 aromatic carbocycles. The van der Waals surface area contributed by atoms with E-state index in [1.54, 1.807) is 0 Å². The lowest BCUT2D eigenvalue weighted by molar-refractivity contribution is 0.715. The van der Waals surface area contributed by atoms with E-state index in [4.69, 9.17) is 0 Å². The second-order valence-electron chi connectivity index (χ2n) is 2.42. The van der Waals surface area contributed by atoms with Crippen molar-refractivity contribution < 1.29 is 0 Å². The van der Waals surface area contributed by atoms with Gasteiger partial charge >= 0.3 is 0 Å². The molecule has 2 rings (SSSR count). The molecule has 0 saturated carbocycles. The zero-order valence-electron chi connectivity index (χ0n) is 7.46. The van der Waals surface area contributed by atoms with Crippen LogP contribution >= 0.6 is 0 Å². The minimum atomic E-state index is 1.06. The van der Waals surface area contributed by atoms with Crippen LogP contribution in [0.3, 0.4) is 0 Å². The maximum absolute atomic E-state index is 4.01. The molecule has 1 aromatic heterocycles. The molecule has 0 unspecified atom stereocenters. The average molecular weight is 153 g/mol. The van der Waals surface area contributed by atoms with Gasteiger partial charge in [0.05, 0.1) is 0 Å². The molecule has 0 atom stereocenters. The third-order valence-electron chi connectivity index (χ3n) is 1.79. The van der Waals surface area contributed by atoms with Gasteiger partial charge in [-0.25, -0.2) is 0 Å². The molecule has 0 fully saturated rings. The highest BCUT2D eigenvalue weighted by Crippen LogP contribution is 2.12. The molecule has 1 aromatic rings. The summed E-state index contributed by atoms with van der Waals surface area (Å²) in [6.07, 6.45) is 2.35. The molecule has 3 heteroatoms. The molecule has 1 aliphatic heterocycles. The SMILES string of the molecule is CC.Cc1nnc2n1CCC2. The minimum Gasteiger partial charge on any atom is -0.315 e. The Hall–Kier alpha value is -0.860. The fourth-order valence-electron chi connectivity index (χ4n) is 1.30. The lowest BCUT2D eigenvalue weighted by Gasteiger charge is -1.92. The summed E-state index contributed by atoms with van der Waals surface area (Å²) in [6, 6.07) is 0. The molecule has 2 heterocycles. The Balaban J connectivity index is 0.000000281. The second kappa shape index (κ2) is 3.51. The van der Waals surface area contributed by atoms with Crippen molar-refractivity contribution in [2.45, 2.75) is 40.2 Å². The number of hydrogen-bond donors (Lipinski definition) is 0. The first-order valence-corrected chi connectivity index (χ1v) is 4.26. The van der Waals surface area contributed by atoms with Crippen molar-refractivity contribution in [3.63, 3.8) is 0 Å². The van der Waals surface area contributed by atoms with E-state index in [0.717, 1.165) is 24.6 Å². The van der Waals surface area contributed by atoms with Gasteiger partial charge in [0.15, 0.2) is 0 Å². The van der Waals surface area contributed by atoms with Gasteiger partial charge in [0.25, 0.3) is 0 Å². The van der Waals surface area contributed by atoms with Gasteiger partial charge in [0, 0.05) is 13.0 Å². The summed E-state index contributed by atoms with van der Waals surface area (Å²) < 4.78 is 2.18. The molecule has 0 aliphatic carbocycles. The number of aryl methyl sites for hydroxylation is 2. The fraction of sp³-hybridized carbons (Fsp3) is 0.750. The third kappa shape index (κ3) is 1.42. The Labute approximate surface area is 67.4 Å². The predicted octanol–water partition coefficient (Wildman–Crippen LogP) is 1.56. The zero-order valence-corrected chi connectivity index (χ0v) is 7.46. The van der Waals surface area contributed by atoms with Crippen molar-refractivity contribution >= 4 is 0 Å². The van der Waals surface area contributed by atoms with Crippen molar-refractivity contribution in [2.75, 3.05) is 0 Å². The maximum atomic E-state index is 4.01. The summed E-state index contributed by atoms with van der Waals surface area (Å²) in [4.78, 5) is 0. The highest BCUT2D eigenvalue weighted by molar-refractivity contribution is 4.97. The summed E-state index contributed by atoms with van der Waals surface area (Å²) >= 11 is 0. The Kier molecular flexibility index (Phi) is 2.63. The van der Waals surface area contributed by atoms with E-state index in [-0.39, 0.29) is 0 Å². The molecule has 3 nitrogen and oxygen atoms in total. The number of aromatic nitrogens is 3. The topological polar surface area (TPSA) is 30.7 Å². The van der Waals surface area contributed by atoms with Crippen molar-refractivity contribution in [3.05, 3.63) is 11.6 Å². The minimum absolute atomic E-state index is 1.06. The monoisotopic (exact) mass is 153 g/mol. The maximum Gasteiger partial charge on any atom is 0.133 e. The number of fused-ring (bicyclic) bond motifs is 1. The molecule has 0 N–H and O–H groups in total. The third-order valence-corrected chi connectivity index (χ3v) is 1.79. The Morgan fingerprint density at radius 1 is 1.27 bits per heavy atom. The molecule has 62 valence electrons. The van der Waals surface area contributed by atoms with Gasteiger partial charge in [0.2, 0.25) is 0 Å². The van der Waals surface area contributed by atoms with Crippen LogP contribution in [0.1, 0.15) is 31.9 Å². The van der Waals surface area contributed by atoms with Gasteiger partial charge in [-0.3, -0.25) is 0 Å². The molecular formula is C8H15N3. The van der Waals surface area contributed by atoms with Crippen LogP contribution in [-0.2, 0) is 13.0 Å². The van der Waals surface area contributed by atoms with E-state index in [0.29, 0.717) is 0 Å². The van der Waals surface area contributed by atoms with Crippen molar-refractivity contribution in [3.8, 4) is 0 Å². The Bertz CT molecular complexity index is 227. The van der Waals surface area contributed by atoms with Gasteiger partial charge in [-0.2, -0.15) is 0 Å². The van der Waals surface area contributed by atoms with Crippen molar-refractivity contribution in [1.29, 1.82) is 0 Å². The van der Waals surface area contributed by atoms with Gasteiger partial charge in [-0.05, 0) is 13.3 Å². The van der Waals surface area contributed by atoms with Crippen LogP contribution in [0, 0.1) is 6.92 Å². The highest BCUT2D eigenvalue weighted by atomic mass is 15.3. The molecule has 0 bridgehead atoms. The zero-order chi connectivity index (χ0) is 8.27. The van der Waals surface area contributed by atoms with Crippen LogP contribution in [0.4, 0.5) is 0 Å². The average Bonchev–Trinajstić information content (AvgIpc) is 2.60. The highest BCUT2D eigenvalue weighted by Gasteiger charge is 2.13. The lowest BCUT2D eigenvalue weighted by atomic mass is 10.4. The second-order valence-corrected chi connectivity index (χ2v) is 2.42. The van der Waals surface area contributed by atoms with Crippen LogP contribution in [0.15, 0.2) is 0 Å². The van der Waals surface area contributed by atoms with E-state index in [1.165, 1.54) is 6.42 Å². The van der Waals surface area contributed by atoms with Gasteiger partial charge in [0.1, 0.15) is 11.6 Å². The Morgan fingerprint density at radius 3 is 2.64 bits per heavy atom. The molecular weight excluding hydrogens is 138 g/mol. The van der Waals surface area contributed by atoms with Crippen molar-refractivity contribution in [2.24, 2.45) is 0 Å². The van der Waals surface area contributed by atoms with E-state index in [2.05, 4.69) is 14.8 Å². The standard InChI is InChI=1S/C6H9N3.C2H6/c1-5-7-8-6-3-2-4-9(5)6;1-2/h2-4H2,1H3;1-2H3.